The molecule has 0 spiro atoms. The van der Waals surface area contributed by atoms with Crippen molar-refractivity contribution in [2.24, 2.45) is 5.41 Å². The molecule has 0 bridgehead atoms. The van der Waals surface area contributed by atoms with E-state index in [0.717, 1.165) is 50.0 Å². The summed E-state index contributed by atoms with van der Waals surface area (Å²) >= 11 is 0. The lowest BCUT2D eigenvalue weighted by Gasteiger charge is -2.42. The van der Waals surface area contributed by atoms with Crippen molar-refractivity contribution in [2.75, 3.05) is 44.8 Å². The Morgan fingerprint density at radius 1 is 1.12 bits per heavy atom. The van der Waals surface area contributed by atoms with Crippen molar-refractivity contribution in [2.45, 2.75) is 58.2 Å². The van der Waals surface area contributed by atoms with Gasteiger partial charge >= 0.3 is 0 Å². The van der Waals surface area contributed by atoms with E-state index in [9.17, 15) is 9.59 Å². The van der Waals surface area contributed by atoms with Crippen molar-refractivity contribution in [3.05, 3.63) is 18.0 Å². The largest absolute Gasteiger partial charge is 0.381 e. The number of hydrogen-bond donors (Lipinski definition) is 2. The van der Waals surface area contributed by atoms with Crippen LogP contribution in [0, 0.1) is 5.41 Å². The van der Waals surface area contributed by atoms with Gasteiger partial charge in [-0.1, -0.05) is 0 Å². The van der Waals surface area contributed by atoms with E-state index in [0.29, 0.717) is 50.2 Å². The van der Waals surface area contributed by atoms with Crippen LogP contribution in [0.2, 0.25) is 0 Å². The molecule has 0 unspecified atom stereocenters. The number of hydrogen-bond acceptors (Lipinski definition) is 7. The van der Waals surface area contributed by atoms with Crippen molar-refractivity contribution in [1.82, 2.24) is 25.0 Å². The van der Waals surface area contributed by atoms with Gasteiger partial charge in [-0.3, -0.25) is 9.59 Å². The van der Waals surface area contributed by atoms with Crippen molar-refractivity contribution < 1.29 is 19.1 Å². The number of rotatable bonds is 6. The molecule has 2 N–H and O–H groups in total. The third-order valence-corrected chi connectivity index (χ3v) is 7.20. The van der Waals surface area contributed by atoms with E-state index in [2.05, 4.69) is 20.7 Å². The van der Waals surface area contributed by atoms with Crippen LogP contribution in [0.1, 0.15) is 50.0 Å². The molecule has 34 heavy (non-hydrogen) atoms. The molecule has 2 amide bonds. The first-order valence-electron chi connectivity index (χ1n) is 12.4. The van der Waals surface area contributed by atoms with E-state index in [4.69, 9.17) is 9.47 Å². The molecule has 2 aromatic heterocycles. The fourth-order valence-electron chi connectivity index (χ4n) is 5.05. The second-order valence-electron chi connectivity index (χ2n) is 9.85. The number of nitrogens with zero attached hydrogens (tertiary/aromatic N) is 4. The van der Waals surface area contributed by atoms with E-state index in [1.165, 1.54) is 0 Å². The smallest absolute Gasteiger partial charge is 0.272 e. The van der Waals surface area contributed by atoms with Crippen molar-refractivity contribution in [3.63, 3.8) is 0 Å². The SMILES string of the molecule is CCn1nc(C(=O)NC2CCN(C(=O)C3(C)COC3)CC2)c2c(NC3CCOCC3)ccnc21. The van der Waals surface area contributed by atoms with Gasteiger partial charge in [0.1, 0.15) is 0 Å². The predicted molar refractivity (Wildman–Crippen MR) is 127 cm³/mol. The molecule has 5 heterocycles. The van der Waals surface area contributed by atoms with Gasteiger partial charge in [-0.2, -0.15) is 5.10 Å². The Balaban J connectivity index is 1.29. The van der Waals surface area contributed by atoms with Crippen LogP contribution in [-0.2, 0) is 20.8 Å². The second-order valence-corrected chi connectivity index (χ2v) is 9.85. The number of carbonyl (C=O) groups is 2. The number of aromatic nitrogens is 3. The highest BCUT2D eigenvalue weighted by Gasteiger charge is 2.44. The van der Waals surface area contributed by atoms with Gasteiger partial charge in [0.2, 0.25) is 5.91 Å². The van der Waals surface area contributed by atoms with Crippen LogP contribution >= 0.6 is 0 Å². The monoisotopic (exact) mass is 470 g/mol. The number of amides is 2. The van der Waals surface area contributed by atoms with Crippen LogP contribution < -0.4 is 10.6 Å². The zero-order valence-corrected chi connectivity index (χ0v) is 20.0. The topological polar surface area (TPSA) is 111 Å². The summed E-state index contributed by atoms with van der Waals surface area (Å²) in [6.45, 7) is 8.32. The molecule has 3 aliphatic heterocycles. The summed E-state index contributed by atoms with van der Waals surface area (Å²) in [7, 11) is 0. The minimum absolute atomic E-state index is 0.00685. The Kier molecular flexibility index (Phi) is 6.44. The minimum Gasteiger partial charge on any atom is -0.381 e. The summed E-state index contributed by atoms with van der Waals surface area (Å²) in [5.74, 6) is -0.0320. The molecule has 2 aromatic rings. The molecule has 0 saturated carbocycles. The third-order valence-electron chi connectivity index (χ3n) is 7.20. The van der Waals surface area contributed by atoms with E-state index in [1.54, 1.807) is 10.9 Å². The van der Waals surface area contributed by atoms with Gasteiger partial charge in [0.15, 0.2) is 11.3 Å². The van der Waals surface area contributed by atoms with Gasteiger partial charge in [-0.15, -0.1) is 0 Å². The van der Waals surface area contributed by atoms with Gasteiger partial charge in [0.25, 0.3) is 5.91 Å². The van der Waals surface area contributed by atoms with Gasteiger partial charge in [0.05, 0.1) is 24.0 Å². The first-order chi connectivity index (χ1) is 16.5. The maximum atomic E-state index is 13.4. The summed E-state index contributed by atoms with van der Waals surface area (Å²) in [5, 5.41) is 12.1. The zero-order chi connectivity index (χ0) is 23.7. The average molecular weight is 471 g/mol. The first kappa shape index (κ1) is 23.0. The van der Waals surface area contributed by atoms with Crippen molar-refractivity contribution in [1.29, 1.82) is 0 Å². The van der Waals surface area contributed by atoms with Crippen molar-refractivity contribution >= 4 is 28.5 Å². The van der Waals surface area contributed by atoms with E-state index in [-0.39, 0.29) is 23.3 Å². The van der Waals surface area contributed by atoms with E-state index >= 15 is 0 Å². The highest BCUT2D eigenvalue weighted by Crippen LogP contribution is 2.31. The molecule has 3 aliphatic rings. The Bertz CT molecular complexity index is 1050. The molecular formula is C24H34N6O4. The number of fused-ring (bicyclic) bond motifs is 1. The fourth-order valence-corrected chi connectivity index (χ4v) is 5.05. The number of carbonyl (C=O) groups excluding carboxylic acids is 2. The minimum atomic E-state index is -0.386. The van der Waals surface area contributed by atoms with Crippen LogP contribution in [-0.4, -0.2) is 83.1 Å². The lowest BCUT2D eigenvalue weighted by atomic mass is 9.86. The molecule has 5 rings (SSSR count). The third kappa shape index (κ3) is 4.36. The summed E-state index contributed by atoms with van der Waals surface area (Å²) in [6.07, 6.45) is 5.07. The number of piperidine rings is 1. The molecule has 0 aromatic carbocycles. The number of likely N-dealkylation sites (tertiary alicyclic amines) is 1. The summed E-state index contributed by atoms with van der Waals surface area (Å²) in [4.78, 5) is 32.6. The van der Waals surface area contributed by atoms with Crippen LogP contribution in [0.25, 0.3) is 11.0 Å². The molecule has 0 radical (unpaired) electrons. The summed E-state index contributed by atoms with van der Waals surface area (Å²) < 4.78 is 12.5. The predicted octanol–water partition coefficient (Wildman–Crippen LogP) is 1.80. The molecule has 3 saturated heterocycles. The summed E-state index contributed by atoms with van der Waals surface area (Å²) in [6, 6.07) is 2.22. The molecule has 0 aliphatic carbocycles. The molecule has 3 fully saturated rings. The van der Waals surface area contributed by atoms with Crippen LogP contribution in [0.5, 0.6) is 0 Å². The Morgan fingerprint density at radius 3 is 2.50 bits per heavy atom. The molecule has 10 nitrogen and oxygen atoms in total. The number of pyridine rings is 1. The van der Waals surface area contributed by atoms with Gasteiger partial charge in [0, 0.05) is 56.8 Å². The van der Waals surface area contributed by atoms with Crippen LogP contribution in [0.15, 0.2) is 12.3 Å². The normalized spacial score (nSPS) is 21.3. The number of nitrogens with one attached hydrogen (secondary N) is 2. The Labute approximate surface area is 199 Å². The lowest BCUT2D eigenvalue weighted by molar-refractivity contribution is -0.169. The zero-order valence-electron chi connectivity index (χ0n) is 20.0. The first-order valence-corrected chi connectivity index (χ1v) is 12.4. The van der Waals surface area contributed by atoms with E-state index < -0.39 is 0 Å². The van der Waals surface area contributed by atoms with E-state index in [1.807, 2.05) is 24.8 Å². The van der Waals surface area contributed by atoms with Gasteiger partial charge < -0.3 is 25.0 Å². The maximum absolute atomic E-state index is 13.4. The Morgan fingerprint density at radius 2 is 1.85 bits per heavy atom. The van der Waals surface area contributed by atoms with Gasteiger partial charge in [-0.05, 0) is 45.6 Å². The molecular weight excluding hydrogens is 436 g/mol. The standard InChI is InChI=1S/C24H34N6O4/c1-3-30-21-19(18(4-9-25-21)26-17-7-12-33-13-8-17)20(28-30)22(31)27-16-5-10-29(11-6-16)23(32)24(2)14-34-15-24/h4,9,16-17H,3,5-8,10-15H2,1-2H3,(H,25,26)(H,27,31). The molecule has 0 atom stereocenters. The Hall–Kier alpha value is -2.72. The average Bonchev–Trinajstić information content (AvgIpc) is 3.23. The second kappa shape index (κ2) is 9.50. The number of aryl methyl sites for hydroxylation is 1. The maximum Gasteiger partial charge on any atom is 0.272 e. The van der Waals surface area contributed by atoms with Crippen LogP contribution in [0.4, 0.5) is 5.69 Å². The van der Waals surface area contributed by atoms with Crippen molar-refractivity contribution in [3.8, 4) is 0 Å². The quantitative estimate of drug-likeness (QED) is 0.662. The number of anilines is 1. The number of ether oxygens (including phenoxy) is 2. The summed E-state index contributed by atoms with van der Waals surface area (Å²) in [5.41, 5.74) is 1.61. The lowest BCUT2D eigenvalue weighted by Crippen LogP contribution is -2.56. The molecule has 184 valence electrons. The van der Waals surface area contributed by atoms with Gasteiger partial charge in [-0.25, -0.2) is 9.67 Å². The molecule has 10 heteroatoms. The highest BCUT2D eigenvalue weighted by atomic mass is 16.5. The highest BCUT2D eigenvalue weighted by molar-refractivity contribution is 6.08. The fraction of sp³-hybridized carbons (Fsp3) is 0.667. The van der Waals surface area contributed by atoms with Crippen LogP contribution in [0.3, 0.4) is 0 Å².